The molecule has 1 aliphatic heterocycles. The highest BCUT2D eigenvalue weighted by atomic mass is 16.6. The Balaban J connectivity index is 1.85. The minimum atomic E-state index is -0.618. The average Bonchev–Trinajstić information content (AvgIpc) is 2.64. The summed E-state index contributed by atoms with van der Waals surface area (Å²) in [6.45, 7) is 6.79. The van der Waals surface area contributed by atoms with Crippen molar-refractivity contribution in [1.29, 1.82) is 0 Å². The van der Waals surface area contributed by atoms with E-state index < -0.39 is 5.97 Å². The van der Waals surface area contributed by atoms with Crippen molar-refractivity contribution in [3.8, 4) is 17.2 Å². The number of hydrogen-bond donors (Lipinski definition) is 1. The van der Waals surface area contributed by atoms with Gasteiger partial charge >= 0.3 is 5.97 Å². The fourth-order valence-electron chi connectivity index (χ4n) is 2.83. The molecule has 7 nitrogen and oxygen atoms in total. The van der Waals surface area contributed by atoms with Crippen molar-refractivity contribution in [2.24, 2.45) is 5.92 Å². The Kier molecular flexibility index (Phi) is 7.76. The molecule has 27 heavy (non-hydrogen) atoms. The fourth-order valence-corrected chi connectivity index (χ4v) is 2.83. The number of fused-ring (bicyclic) bond motifs is 1. The number of methoxy groups -OCH3 is 1. The van der Waals surface area contributed by atoms with Crippen LogP contribution in [-0.4, -0.2) is 44.8 Å². The molecule has 0 aromatic heterocycles. The standard InChI is InChI=1S/C20H29NO6/c1-13(2)6-5-7-14(3)21-18(22)12-27-20(23)15-10-16(24-4)19-17(11-15)25-8-9-26-19/h10-11,13-14H,5-9,12H2,1-4H3,(H,21,22)/t14-/m1/s1. The zero-order chi connectivity index (χ0) is 19.8. The van der Waals surface area contributed by atoms with Gasteiger partial charge in [0.1, 0.15) is 13.2 Å². The molecule has 0 radical (unpaired) electrons. The van der Waals surface area contributed by atoms with Crippen LogP contribution in [0.3, 0.4) is 0 Å². The maximum atomic E-state index is 12.3. The summed E-state index contributed by atoms with van der Waals surface area (Å²) >= 11 is 0. The number of benzene rings is 1. The second-order valence-corrected chi connectivity index (χ2v) is 7.07. The van der Waals surface area contributed by atoms with Crippen molar-refractivity contribution >= 4 is 11.9 Å². The molecule has 0 bridgehead atoms. The van der Waals surface area contributed by atoms with Gasteiger partial charge in [-0.3, -0.25) is 4.79 Å². The molecule has 1 aliphatic rings. The fraction of sp³-hybridized carbons (Fsp3) is 0.600. The van der Waals surface area contributed by atoms with E-state index in [1.165, 1.54) is 19.2 Å². The quantitative estimate of drug-likeness (QED) is 0.664. The molecular weight excluding hydrogens is 350 g/mol. The van der Waals surface area contributed by atoms with Crippen LogP contribution in [0.1, 0.15) is 50.4 Å². The van der Waals surface area contributed by atoms with Gasteiger partial charge in [-0.05, 0) is 31.4 Å². The van der Waals surface area contributed by atoms with E-state index in [0.717, 1.165) is 19.3 Å². The molecule has 150 valence electrons. The summed E-state index contributed by atoms with van der Waals surface area (Å²) in [6, 6.07) is 3.10. The van der Waals surface area contributed by atoms with Gasteiger partial charge in [-0.2, -0.15) is 0 Å². The number of esters is 1. The first-order valence-corrected chi connectivity index (χ1v) is 9.34. The summed E-state index contributed by atoms with van der Waals surface area (Å²) in [6.07, 6.45) is 3.08. The average molecular weight is 379 g/mol. The van der Waals surface area contributed by atoms with Crippen LogP contribution in [0.5, 0.6) is 17.2 Å². The Hall–Kier alpha value is -2.44. The van der Waals surface area contributed by atoms with Crippen LogP contribution < -0.4 is 19.5 Å². The monoisotopic (exact) mass is 379 g/mol. The molecule has 1 atom stereocenters. The van der Waals surface area contributed by atoms with Gasteiger partial charge in [0, 0.05) is 6.04 Å². The maximum absolute atomic E-state index is 12.3. The minimum Gasteiger partial charge on any atom is -0.493 e. The topological polar surface area (TPSA) is 83.1 Å². The number of rotatable bonds is 9. The third kappa shape index (κ3) is 6.34. The van der Waals surface area contributed by atoms with Gasteiger partial charge in [-0.15, -0.1) is 0 Å². The highest BCUT2D eigenvalue weighted by molar-refractivity contribution is 5.92. The number of carbonyl (C=O) groups excluding carboxylic acids is 2. The van der Waals surface area contributed by atoms with Crippen LogP contribution in [0.2, 0.25) is 0 Å². The van der Waals surface area contributed by atoms with E-state index in [0.29, 0.717) is 36.4 Å². The zero-order valence-corrected chi connectivity index (χ0v) is 16.5. The van der Waals surface area contributed by atoms with E-state index >= 15 is 0 Å². The first kappa shape index (κ1) is 20.9. The molecule has 0 aliphatic carbocycles. The zero-order valence-electron chi connectivity index (χ0n) is 16.5. The second kappa shape index (κ2) is 10.0. The van der Waals surface area contributed by atoms with Crippen LogP contribution in [0.4, 0.5) is 0 Å². The van der Waals surface area contributed by atoms with Crippen LogP contribution in [0.15, 0.2) is 12.1 Å². The SMILES string of the molecule is COc1cc(C(=O)OCC(=O)N[C@H](C)CCCC(C)C)cc2c1OCCO2. The van der Waals surface area contributed by atoms with Crippen molar-refractivity contribution in [3.05, 3.63) is 17.7 Å². The Morgan fingerprint density at radius 3 is 2.59 bits per heavy atom. The van der Waals surface area contributed by atoms with Crippen molar-refractivity contribution in [2.75, 3.05) is 26.9 Å². The van der Waals surface area contributed by atoms with Crippen LogP contribution in [0, 0.1) is 5.92 Å². The molecule has 0 fully saturated rings. The molecule has 0 spiro atoms. The first-order valence-electron chi connectivity index (χ1n) is 9.34. The highest BCUT2D eigenvalue weighted by Gasteiger charge is 2.22. The highest BCUT2D eigenvalue weighted by Crippen LogP contribution is 2.40. The molecule has 1 amide bonds. The van der Waals surface area contributed by atoms with Crippen molar-refractivity contribution in [1.82, 2.24) is 5.32 Å². The van der Waals surface area contributed by atoms with Crippen molar-refractivity contribution in [2.45, 2.75) is 46.1 Å². The molecule has 1 aromatic rings. The third-order valence-corrected chi connectivity index (χ3v) is 4.22. The van der Waals surface area contributed by atoms with Gasteiger partial charge < -0.3 is 24.3 Å². The summed E-state index contributed by atoms with van der Waals surface area (Å²) in [5, 5.41) is 2.85. The number of amides is 1. The van der Waals surface area contributed by atoms with Crippen LogP contribution in [0.25, 0.3) is 0 Å². The molecule has 0 unspecified atom stereocenters. The van der Waals surface area contributed by atoms with Gasteiger partial charge in [-0.25, -0.2) is 4.79 Å². The van der Waals surface area contributed by atoms with Crippen LogP contribution in [-0.2, 0) is 9.53 Å². The van der Waals surface area contributed by atoms with E-state index in [2.05, 4.69) is 19.2 Å². The predicted molar refractivity (Wildman–Crippen MR) is 101 cm³/mol. The van der Waals surface area contributed by atoms with E-state index in [4.69, 9.17) is 18.9 Å². The van der Waals surface area contributed by atoms with E-state index in [1.54, 1.807) is 0 Å². The summed E-state index contributed by atoms with van der Waals surface area (Å²) in [7, 11) is 1.48. The predicted octanol–water partition coefficient (Wildman–Crippen LogP) is 2.95. The smallest absolute Gasteiger partial charge is 0.338 e. The Morgan fingerprint density at radius 1 is 1.15 bits per heavy atom. The number of nitrogens with one attached hydrogen (secondary N) is 1. The summed E-state index contributed by atoms with van der Waals surface area (Å²) in [5.41, 5.74) is 0.244. The summed E-state index contributed by atoms with van der Waals surface area (Å²) in [4.78, 5) is 24.3. The summed E-state index contributed by atoms with van der Waals surface area (Å²) < 4.78 is 21.4. The normalized spacial score (nSPS) is 13.8. The molecular formula is C20H29NO6. The first-order chi connectivity index (χ1) is 12.9. The largest absolute Gasteiger partial charge is 0.493 e. The molecule has 0 saturated carbocycles. The van der Waals surface area contributed by atoms with Crippen molar-refractivity contribution in [3.63, 3.8) is 0 Å². The van der Waals surface area contributed by atoms with Crippen LogP contribution >= 0.6 is 0 Å². The van der Waals surface area contributed by atoms with Gasteiger partial charge in [0.05, 0.1) is 12.7 Å². The number of carbonyl (C=O) groups is 2. The van der Waals surface area contributed by atoms with E-state index in [-0.39, 0.29) is 24.1 Å². The lowest BCUT2D eigenvalue weighted by molar-refractivity contribution is -0.124. The van der Waals surface area contributed by atoms with Crippen molar-refractivity contribution < 1.29 is 28.5 Å². The molecule has 1 N–H and O–H groups in total. The molecule has 0 saturated heterocycles. The number of hydrogen-bond acceptors (Lipinski definition) is 6. The molecule has 1 aromatic carbocycles. The maximum Gasteiger partial charge on any atom is 0.338 e. The summed E-state index contributed by atoms with van der Waals surface area (Å²) in [5.74, 6) is 1.00. The van der Waals surface area contributed by atoms with Gasteiger partial charge in [-0.1, -0.05) is 26.7 Å². The Morgan fingerprint density at radius 2 is 1.89 bits per heavy atom. The van der Waals surface area contributed by atoms with Gasteiger partial charge in [0.2, 0.25) is 5.75 Å². The Bertz CT molecular complexity index is 641. The minimum absolute atomic E-state index is 0.0457. The van der Waals surface area contributed by atoms with Gasteiger partial charge in [0.15, 0.2) is 18.1 Å². The molecule has 1 heterocycles. The third-order valence-electron chi connectivity index (χ3n) is 4.22. The lowest BCUT2D eigenvalue weighted by Gasteiger charge is -2.21. The lowest BCUT2D eigenvalue weighted by Crippen LogP contribution is -2.35. The van der Waals surface area contributed by atoms with E-state index in [1.807, 2.05) is 6.92 Å². The number of ether oxygens (including phenoxy) is 4. The molecule has 7 heteroatoms. The Labute approximate surface area is 160 Å². The second-order valence-electron chi connectivity index (χ2n) is 7.07. The van der Waals surface area contributed by atoms with E-state index in [9.17, 15) is 9.59 Å². The lowest BCUT2D eigenvalue weighted by atomic mass is 10.0. The van der Waals surface area contributed by atoms with Gasteiger partial charge in [0.25, 0.3) is 5.91 Å². The molecule has 2 rings (SSSR count).